The van der Waals surface area contributed by atoms with Gasteiger partial charge in [-0.2, -0.15) is 5.10 Å². The molecule has 1 heterocycles. The lowest BCUT2D eigenvalue weighted by Crippen LogP contribution is -1.97. The second-order valence-electron chi connectivity index (χ2n) is 3.14. The quantitative estimate of drug-likeness (QED) is 0.781. The van der Waals surface area contributed by atoms with Crippen molar-refractivity contribution < 1.29 is 0 Å². The second kappa shape index (κ2) is 3.35. The van der Waals surface area contributed by atoms with E-state index >= 15 is 0 Å². The maximum absolute atomic E-state index is 6.07. The summed E-state index contributed by atoms with van der Waals surface area (Å²) in [5.41, 5.74) is 7.49. The number of rotatable bonds is 1. The van der Waals surface area contributed by atoms with Gasteiger partial charge in [0.25, 0.3) is 0 Å². The molecule has 0 fully saturated rings. The van der Waals surface area contributed by atoms with E-state index in [9.17, 15) is 0 Å². The molecule has 2 N–H and O–H groups in total. The summed E-state index contributed by atoms with van der Waals surface area (Å²) in [6.07, 6.45) is 1.78. The van der Waals surface area contributed by atoms with Gasteiger partial charge in [-0.05, 0) is 24.6 Å². The number of halogens is 1. The lowest BCUT2D eigenvalue weighted by Gasteiger charge is -2.04. The summed E-state index contributed by atoms with van der Waals surface area (Å²) in [6.45, 7) is 1.99. The maximum Gasteiger partial charge on any atom is 0.145 e. The third-order valence-corrected chi connectivity index (χ3v) is 2.26. The van der Waals surface area contributed by atoms with E-state index in [0.29, 0.717) is 10.8 Å². The molecule has 1 aromatic carbocycles. The number of aryl methyl sites for hydroxylation is 1. The largest absolute Gasteiger partial charge is 0.382 e. The van der Waals surface area contributed by atoms with Crippen LogP contribution in [0.1, 0.15) is 5.56 Å². The normalized spacial score (nSPS) is 10.4. The smallest absolute Gasteiger partial charge is 0.145 e. The molecule has 0 bridgehead atoms. The van der Waals surface area contributed by atoms with E-state index in [1.165, 1.54) is 0 Å². The highest BCUT2D eigenvalue weighted by Gasteiger charge is 2.03. The van der Waals surface area contributed by atoms with Crippen LogP contribution in [-0.2, 0) is 0 Å². The molecule has 2 rings (SSSR count). The Morgan fingerprint density at radius 3 is 2.71 bits per heavy atom. The lowest BCUT2D eigenvalue weighted by atomic mass is 10.2. The molecule has 14 heavy (non-hydrogen) atoms. The first-order chi connectivity index (χ1) is 6.66. The number of nitrogen functional groups attached to an aromatic ring is 1. The van der Waals surface area contributed by atoms with Crippen LogP contribution in [0.15, 0.2) is 30.5 Å². The Bertz CT molecular complexity index is 462. The van der Waals surface area contributed by atoms with E-state index < -0.39 is 0 Å². The zero-order chi connectivity index (χ0) is 10.1. The molecule has 0 aliphatic heterocycles. The summed E-state index contributed by atoms with van der Waals surface area (Å²) in [4.78, 5) is 0. The van der Waals surface area contributed by atoms with E-state index in [0.717, 1.165) is 11.3 Å². The zero-order valence-corrected chi connectivity index (χ0v) is 8.49. The predicted molar refractivity (Wildman–Crippen MR) is 57.7 cm³/mol. The summed E-state index contributed by atoms with van der Waals surface area (Å²) >= 11 is 6.07. The molecule has 0 saturated heterocycles. The fourth-order valence-electron chi connectivity index (χ4n) is 1.27. The Balaban J connectivity index is 2.52. The van der Waals surface area contributed by atoms with Gasteiger partial charge in [0.1, 0.15) is 5.82 Å². The molecule has 2 aromatic rings. The standard InChI is InChI=1S/C10H10ClN3/c1-7-2-3-9(8(11)6-7)14-5-4-10(12)13-14/h2-6H,1H3,(H2,12,13). The van der Waals surface area contributed by atoms with Gasteiger partial charge >= 0.3 is 0 Å². The van der Waals surface area contributed by atoms with Gasteiger partial charge < -0.3 is 5.73 Å². The Hall–Kier alpha value is -1.48. The molecular weight excluding hydrogens is 198 g/mol. The van der Waals surface area contributed by atoms with Crippen LogP contribution in [0.2, 0.25) is 5.02 Å². The van der Waals surface area contributed by atoms with Crippen molar-refractivity contribution >= 4 is 17.4 Å². The average molecular weight is 208 g/mol. The molecule has 72 valence electrons. The highest BCUT2D eigenvalue weighted by Crippen LogP contribution is 2.21. The van der Waals surface area contributed by atoms with Crippen molar-refractivity contribution in [2.75, 3.05) is 5.73 Å². The van der Waals surface area contributed by atoms with Crippen molar-refractivity contribution in [3.8, 4) is 5.69 Å². The van der Waals surface area contributed by atoms with Gasteiger partial charge in [-0.3, -0.25) is 0 Å². The first-order valence-corrected chi connectivity index (χ1v) is 4.62. The van der Waals surface area contributed by atoms with Gasteiger partial charge in [0.2, 0.25) is 0 Å². The van der Waals surface area contributed by atoms with E-state index in [2.05, 4.69) is 5.10 Å². The minimum absolute atomic E-state index is 0.488. The Morgan fingerprint density at radius 2 is 2.14 bits per heavy atom. The first kappa shape index (κ1) is 9.09. The number of hydrogen-bond donors (Lipinski definition) is 1. The van der Waals surface area contributed by atoms with E-state index in [4.69, 9.17) is 17.3 Å². The summed E-state index contributed by atoms with van der Waals surface area (Å²) in [6, 6.07) is 7.54. The van der Waals surface area contributed by atoms with Gasteiger partial charge in [0, 0.05) is 12.3 Å². The van der Waals surface area contributed by atoms with Crippen LogP contribution >= 0.6 is 11.6 Å². The summed E-state index contributed by atoms with van der Waals surface area (Å²) in [5.74, 6) is 0.488. The van der Waals surface area contributed by atoms with Crippen LogP contribution in [0, 0.1) is 6.92 Å². The van der Waals surface area contributed by atoms with Gasteiger partial charge in [-0.1, -0.05) is 17.7 Å². The summed E-state index contributed by atoms with van der Waals surface area (Å²) in [5, 5.41) is 4.76. The topological polar surface area (TPSA) is 43.8 Å². The number of hydrogen-bond acceptors (Lipinski definition) is 2. The number of nitrogens with two attached hydrogens (primary N) is 1. The molecule has 3 nitrogen and oxygen atoms in total. The van der Waals surface area contributed by atoms with Crippen molar-refractivity contribution in [2.45, 2.75) is 6.92 Å². The number of aromatic nitrogens is 2. The maximum atomic E-state index is 6.07. The SMILES string of the molecule is Cc1ccc(-n2ccc(N)n2)c(Cl)c1. The molecule has 0 aliphatic carbocycles. The van der Waals surface area contributed by atoms with Crippen LogP contribution in [0.5, 0.6) is 0 Å². The minimum atomic E-state index is 0.488. The minimum Gasteiger partial charge on any atom is -0.382 e. The van der Waals surface area contributed by atoms with Gasteiger partial charge in [-0.15, -0.1) is 0 Å². The van der Waals surface area contributed by atoms with E-state index in [-0.39, 0.29) is 0 Å². The third-order valence-electron chi connectivity index (χ3n) is 1.96. The predicted octanol–water partition coefficient (Wildman–Crippen LogP) is 2.42. The van der Waals surface area contributed by atoms with E-state index in [1.54, 1.807) is 16.9 Å². The Labute approximate surface area is 87.1 Å². The Kier molecular flexibility index (Phi) is 2.17. The van der Waals surface area contributed by atoms with Gasteiger partial charge in [0.15, 0.2) is 0 Å². The molecule has 0 atom stereocenters. The van der Waals surface area contributed by atoms with Crippen molar-refractivity contribution in [2.24, 2.45) is 0 Å². The summed E-state index contributed by atoms with van der Waals surface area (Å²) < 4.78 is 1.66. The molecule has 0 amide bonds. The highest BCUT2D eigenvalue weighted by molar-refractivity contribution is 6.32. The van der Waals surface area contributed by atoms with E-state index in [1.807, 2.05) is 25.1 Å². The number of benzene rings is 1. The van der Waals surface area contributed by atoms with Crippen LogP contribution in [0.3, 0.4) is 0 Å². The summed E-state index contributed by atoms with van der Waals surface area (Å²) in [7, 11) is 0. The van der Waals surface area contributed by atoms with Crippen LogP contribution in [0.4, 0.5) is 5.82 Å². The second-order valence-corrected chi connectivity index (χ2v) is 3.55. The first-order valence-electron chi connectivity index (χ1n) is 4.24. The van der Waals surface area contributed by atoms with Crippen LogP contribution in [0.25, 0.3) is 5.69 Å². The highest BCUT2D eigenvalue weighted by atomic mass is 35.5. The Morgan fingerprint density at radius 1 is 1.36 bits per heavy atom. The average Bonchev–Trinajstić information content (AvgIpc) is 2.51. The van der Waals surface area contributed by atoms with Gasteiger partial charge in [-0.25, -0.2) is 4.68 Å². The molecule has 0 aliphatic rings. The van der Waals surface area contributed by atoms with Crippen molar-refractivity contribution in [3.05, 3.63) is 41.0 Å². The van der Waals surface area contributed by atoms with Crippen LogP contribution < -0.4 is 5.73 Å². The third kappa shape index (κ3) is 1.59. The number of anilines is 1. The zero-order valence-electron chi connectivity index (χ0n) is 7.74. The monoisotopic (exact) mass is 207 g/mol. The fraction of sp³-hybridized carbons (Fsp3) is 0.100. The molecule has 0 unspecified atom stereocenters. The molecular formula is C10H10ClN3. The molecule has 0 spiro atoms. The van der Waals surface area contributed by atoms with Crippen LogP contribution in [-0.4, -0.2) is 9.78 Å². The lowest BCUT2D eigenvalue weighted by molar-refractivity contribution is 0.885. The fourth-order valence-corrected chi connectivity index (χ4v) is 1.59. The molecule has 0 saturated carbocycles. The number of nitrogens with zero attached hydrogens (tertiary/aromatic N) is 2. The molecule has 0 radical (unpaired) electrons. The van der Waals surface area contributed by atoms with Crippen molar-refractivity contribution in [1.82, 2.24) is 9.78 Å². The van der Waals surface area contributed by atoms with Crippen molar-refractivity contribution in [3.63, 3.8) is 0 Å². The van der Waals surface area contributed by atoms with Crippen molar-refractivity contribution in [1.29, 1.82) is 0 Å². The molecule has 1 aromatic heterocycles. The van der Waals surface area contributed by atoms with Gasteiger partial charge in [0.05, 0.1) is 10.7 Å². The molecule has 4 heteroatoms.